The SMILES string of the molecule is O=C1CCCC(=O)N1CCc1cnc2cncnc2n1. The van der Waals surface area contributed by atoms with E-state index in [1.807, 2.05) is 0 Å². The van der Waals surface area contributed by atoms with Crippen LogP contribution in [0.5, 0.6) is 0 Å². The number of rotatable bonds is 3. The normalized spacial score (nSPS) is 15.9. The van der Waals surface area contributed by atoms with Gasteiger partial charge in [-0.1, -0.05) is 0 Å². The first-order chi connectivity index (χ1) is 9.74. The predicted molar refractivity (Wildman–Crippen MR) is 69.4 cm³/mol. The summed E-state index contributed by atoms with van der Waals surface area (Å²) in [6.07, 6.45) is 6.68. The zero-order valence-corrected chi connectivity index (χ0v) is 10.8. The molecule has 102 valence electrons. The molecule has 0 atom stereocenters. The predicted octanol–water partition coefficient (Wildman–Crippen LogP) is 0.501. The second-order valence-electron chi connectivity index (χ2n) is 4.64. The molecule has 0 aromatic carbocycles. The minimum absolute atomic E-state index is 0.0997. The van der Waals surface area contributed by atoms with Crippen LogP contribution in [0, 0.1) is 0 Å². The summed E-state index contributed by atoms with van der Waals surface area (Å²) in [5.74, 6) is -0.199. The van der Waals surface area contributed by atoms with Crippen LogP contribution in [0.2, 0.25) is 0 Å². The van der Waals surface area contributed by atoms with Crippen LogP contribution in [0.1, 0.15) is 25.0 Å². The van der Waals surface area contributed by atoms with Crippen molar-refractivity contribution in [1.29, 1.82) is 0 Å². The van der Waals surface area contributed by atoms with E-state index in [9.17, 15) is 9.59 Å². The van der Waals surface area contributed by atoms with Crippen molar-refractivity contribution in [3.63, 3.8) is 0 Å². The zero-order chi connectivity index (χ0) is 13.9. The first-order valence-corrected chi connectivity index (χ1v) is 6.49. The Kier molecular flexibility index (Phi) is 3.32. The van der Waals surface area contributed by atoms with Crippen molar-refractivity contribution in [3.8, 4) is 0 Å². The molecule has 20 heavy (non-hydrogen) atoms. The number of nitrogens with zero attached hydrogens (tertiary/aromatic N) is 5. The molecule has 3 heterocycles. The topological polar surface area (TPSA) is 88.9 Å². The summed E-state index contributed by atoms with van der Waals surface area (Å²) in [6.45, 7) is 0.350. The van der Waals surface area contributed by atoms with Crippen molar-refractivity contribution in [1.82, 2.24) is 24.8 Å². The van der Waals surface area contributed by atoms with Crippen molar-refractivity contribution >= 4 is 23.0 Å². The summed E-state index contributed by atoms with van der Waals surface area (Å²) >= 11 is 0. The van der Waals surface area contributed by atoms with E-state index in [1.165, 1.54) is 11.2 Å². The molecular weight excluding hydrogens is 258 g/mol. The quantitative estimate of drug-likeness (QED) is 0.755. The largest absolute Gasteiger partial charge is 0.282 e. The molecule has 1 fully saturated rings. The van der Waals surface area contributed by atoms with E-state index in [0.717, 1.165) is 0 Å². The van der Waals surface area contributed by atoms with Gasteiger partial charge in [-0.05, 0) is 6.42 Å². The second-order valence-corrected chi connectivity index (χ2v) is 4.64. The van der Waals surface area contributed by atoms with Gasteiger partial charge < -0.3 is 0 Å². The standard InChI is InChI=1S/C13H13N5O2/c19-11-2-1-3-12(20)18(11)5-4-9-6-15-10-7-14-8-16-13(10)17-9/h6-8H,1-5H2. The number of fused-ring (bicyclic) bond motifs is 1. The van der Waals surface area contributed by atoms with Gasteiger partial charge in [-0.15, -0.1) is 0 Å². The van der Waals surface area contributed by atoms with Crippen LogP contribution in [0.3, 0.4) is 0 Å². The van der Waals surface area contributed by atoms with Gasteiger partial charge in [0.2, 0.25) is 11.8 Å². The lowest BCUT2D eigenvalue weighted by molar-refractivity contribution is -0.147. The van der Waals surface area contributed by atoms with Crippen LogP contribution in [-0.4, -0.2) is 43.2 Å². The van der Waals surface area contributed by atoms with E-state index in [0.29, 0.717) is 49.1 Å². The molecule has 3 rings (SSSR count). The number of imide groups is 1. The summed E-state index contributed by atoms with van der Waals surface area (Å²) in [7, 11) is 0. The monoisotopic (exact) mass is 271 g/mol. The van der Waals surface area contributed by atoms with Gasteiger partial charge in [0.05, 0.1) is 11.9 Å². The Morgan fingerprint density at radius 1 is 1.10 bits per heavy atom. The Morgan fingerprint density at radius 3 is 2.70 bits per heavy atom. The van der Waals surface area contributed by atoms with Crippen LogP contribution < -0.4 is 0 Å². The fourth-order valence-corrected chi connectivity index (χ4v) is 2.20. The van der Waals surface area contributed by atoms with E-state index in [4.69, 9.17) is 0 Å². The second kappa shape index (κ2) is 5.28. The highest BCUT2D eigenvalue weighted by Gasteiger charge is 2.25. The van der Waals surface area contributed by atoms with E-state index >= 15 is 0 Å². The molecule has 0 bridgehead atoms. The molecule has 1 aliphatic rings. The van der Waals surface area contributed by atoms with Gasteiger partial charge in [0.15, 0.2) is 5.65 Å². The van der Waals surface area contributed by atoms with Gasteiger partial charge in [-0.2, -0.15) is 0 Å². The van der Waals surface area contributed by atoms with E-state index in [1.54, 1.807) is 12.4 Å². The first-order valence-electron chi connectivity index (χ1n) is 6.49. The van der Waals surface area contributed by atoms with Gasteiger partial charge in [0.1, 0.15) is 11.8 Å². The van der Waals surface area contributed by atoms with E-state index in [-0.39, 0.29) is 11.8 Å². The van der Waals surface area contributed by atoms with Crippen molar-refractivity contribution in [2.45, 2.75) is 25.7 Å². The third-order valence-electron chi connectivity index (χ3n) is 3.25. The van der Waals surface area contributed by atoms with Gasteiger partial charge >= 0.3 is 0 Å². The Hall–Kier alpha value is -2.44. The summed E-state index contributed by atoms with van der Waals surface area (Å²) < 4.78 is 0. The Morgan fingerprint density at radius 2 is 1.90 bits per heavy atom. The molecule has 7 heteroatoms. The molecule has 0 radical (unpaired) electrons. The van der Waals surface area contributed by atoms with Gasteiger partial charge in [0, 0.05) is 32.0 Å². The van der Waals surface area contributed by atoms with E-state index < -0.39 is 0 Å². The van der Waals surface area contributed by atoms with Crippen molar-refractivity contribution in [3.05, 3.63) is 24.4 Å². The van der Waals surface area contributed by atoms with Crippen LogP contribution >= 0.6 is 0 Å². The lowest BCUT2D eigenvalue weighted by Gasteiger charge is -2.24. The highest BCUT2D eigenvalue weighted by atomic mass is 16.2. The zero-order valence-electron chi connectivity index (χ0n) is 10.8. The van der Waals surface area contributed by atoms with Crippen LogP contribution in [0.15, 0.2) is 18.7 Å². The average molecular weight is 271 g/mol. The lowest BCUT2D eigenvalue weighted by atomic mass is 10.1. The number of aromatic nitrogens is 4. The number of likely N-dealkylation sites (tertiary alicyclic amines) is 1. The lowest BCUT2D eigenvalue weighted by Crippen LogP contribution is -2.41. The molecule has 0 saturated carbocycles. The molecular formula is C13H13N5O2. The molecule has 0 aliphatic carbocycles. The average Bonchev–Trinajstić information content (AvgIpc) is 2.46. The van der Waals surface area contributed by atoms with Crippen molar-refractivity contribution in [2.24, 2.45) is 0 Å². The fraction of sp³-hybridized carbons (Fsp3) is 0.385. The number of piperidine rings is 1. The molecule has 0 unspecified atom stereocenters. The highest BCUT2D eigenvalue weighted by molar-refractivity contribution is 5.97. The molecule has 2 amide bonds. The number of carbonyl (C=O) groups is 2. The third-order valence-corrected chi connectivity index (χ3v) is 3.25. The highest BCUT2D eigenvalue weighted by Crippen LogP contribution is 2.13. The van der Waals surface area contributed by atoms with Crippen LogP contribution in [0.25, 0.3) is 11.2 Å². The maximum absolute atomic E-state index is 11.7. The van der Waals surface area contributed by atoms with Crippen LogP contribution in [0.4, 0.5) is 0 Å². The Labute approximate surface area is 115 Å². The number of hydrogen-bond donors (Lipinski definition) is 0. The summed E-state index contributed by atoms with van der Waals surface area (Å²) in [5.41, 5.74) is 1.86. The maximum Gasteiger partial charge on any atom is 0.229 e. The Bertz CT molecular complexity index is 657. The number of amides is 2. The third kappa shape index (κ3) is 2.47. The van der Waals surface area contributed by atoms with Gasteiger partial charge in [-0.25, -0.2) is 19.9 Å². The minimum atomic E-state index is -0.0997. The molecule has 2 aromatic rings. The fourth-order valence-electron chi connectivity index (χ4n) is 2.20. The van der Waals surface area contributed by atoms with E-state index in [2.05, 4.69) is 19.9 Å². The van der Waals surface area contributed by atoms with Crippen LogP contribution in [-0.2, 0) is 16.0 Å². The summed E-state index contributed by atoms with van der Waals surface area (Å²) in [6, 6.07) is 0. The molecule has 1 aliphatic heterocycles. The smallest absolute Gasteiger partial charge is 0.229 e. The van der Waals surface area contributed by atoms with Crippen molar-refractivity contribution < 1.29 is 9.59 Å². The summed E-state index contributed by atoms with van der Waals surface area (Å²) in [5, 5.41) is 0. The molecule has 1 saturated heterocycles. The molecule has 2 aromatic heterocycles. The number of carbonyl (C=O) groups excluding carboxylic acids is 2. The minimum Gasteiger partial charge on any atom is -0.282 e. The maximum atomic E-state index is 11.7. The Balaban J connectivity index is 1.73. The first kappa shape index (κ1) is 12.6. The summed E-state index contributed by atoms with van der Waals surface area (Å²) in [4.78, 5) is 41.1. The van der Waals surface area contributed by atoms with Gasteiger partial charge in [0.25, 0.3) is 0 Å². The van der Waals surface area contributed by atoms with Crippen molar-refractivity contribution in [2.75, 3.05) is 6.54 Å². The van der Waals surface area contributed by atoms with Gasteiger partial charge in [-0.3, -0.25) is 14.5 Å². The molecule has 0 N–H and O–H groups in total. The number of hydrogen-bond acceptors (Lipinski definition) is 6. The molecule has 7 nitrogen and oxygen atoms in total. The molecule has 0 spiro atoms.